The molecule has 27 aromatic rings. The highest BCUT2D eigenvalue weighted by atomic mass is 15.1. The fourth-order valence-corrected chi connectivity index (χ4v) is 28.4. The molecule has 0 aliphatic heterocycles. The summed E-state index contributed by atoms with van der Waals surface area (Å²) in [5.41, 5.74) is 6.22. The summed E-state index contributed by atoms with van der Waals surface area (Å²) in [6, 6.07) is 20.8. The van der Waals surface area contributed by atoms with Gasteiger partial charge in [-0.25, -0.2) is 0 Å². The number of hydrogen-bond acceptors (Lipinski definition) is 5. The Labute approximate surface area is 457 Å². The predicted molar refractivity (Wildman–Crippen MR) is 336 cm³/mol. The molecular formula is C78H15N5. The Morgan fingerprint density at radius 1 is 0.349 bits per heavy atom. The molecule has 5 nitrogen and oxygen atoms in total. The second-order valence-electron chi connectivity index (χ2n) is 28.9. The number of anilines is 1. The summed E-state index contributed by atoms with van der Waals surface area (Å²) in [6.07, 6.45) is 0.661. The van der Waals surface area contributed by atoms with Crippen LogP contribution >= 0.6 is 0 Å². The summed E-state index contributed by atoms with van der Waals surface area (Å²) >= 11 is 0. The number of nitriles is 4. The molecular weight excluding hydrogens is 1010 g/mol. The first-order valence-electron chi connectivity index (χ1n) is 29.9. The minimum Gasteiger partial charge on any atom is -0.378 e. The summed E-state index contributed by atoms with van der Waals surface area (Å²) in [7, 11) is 4.12. The minimum absolute atomic E-state index is 0.0756. The Balaban J connectivity index is 1.10. The third-order valence-electron chi connectivity index (χ3n) is 28.6. The standard InChI is InChI=1S/C78H15N5/c1-4-75-69-59-52-44-35-27-20-18-19-21-23-22(20)29-33(27)46(52)55-49-38(29)37-30(23)34-28(21)36-32-25(19)26-24(18)31(35)40-42-39(26)43-41(32)51-45(36)53-47(34)54-48(37)58(49)67-71-63(54)60(53)70-62(51)66-57(43)56(42)65(61(69)50(40)44)73(75)74(66)76(70,12-82)77(71)16(11-81)17(13-5-7-15(8-6-13)83(2)3)68(14(9-79)10-80)78(75,77)72(67)64(55)59/h5-8H,4H2,1-3H3. The van der Waals surface area contributed by atoms with E-state index in [0.717, 1.165) is 16.8 Å². The van der Waals surface area contributed by atoms with Crippen molar-refractivity contribution < 1.29 is 0 Å². The van der Waals surface area contributed by atoms with Gasteiger partial charge >= 0.3 is 0 Å². The van der Waals surface area contributed by atoms with Crippen molar-refractivity contribution in [2.75, 3.05) is 19.0 Å². The molecule has 0 saturated carbocycles. The number of hydrogen-bond donors (Lipinski definition) is 0. The predicted octanol–water partition coefficient (Wildman–Crippen LogP) is 18.5. The van der Waals surface area contributed by atoms with Crippen LogP contribution in [0.15, 0.2) is 41.0 Å². The minimum atomic E-state index is -1.45. The second kappa shape index (κ2) is 7.86. The Morgan fingerprint density at radius 3 is 0.976 bits per heavy atom. The summed E-state index contributed by atoms with van der Waals surface area (Å²) in [5, 5.41) is 123. The first-order valence-corrected chi connectivity index (χ1v) is 29.9. The van der Waals surface area contributed by atoms with Crippen molar-refractivity contribution >= 4 is 281 Å². The molecule has 4 unspecified atom stereocenters. The lowest BCUT2D eigenvalue weighted by Gasteiger charge is -2.65. The van der Waals surface area contributed by atoms with Gasteiger partial charge in [-0.15, -0.1) is 0 Å². The Morgan fingerprint density at radius 2 is 0.651 bits per heavy atom. The van der Waals surface area contributed by atoms with Crippen LogP contribution in [0.3, 0.4) is 0 Å². The lowest BCUT2D eigenvalue weighted by atomic mass is 9.32. The van der Waals surface area contributed by atoms with E-state index in [1.807, 2.05) is 0 Å². The van der Waals surface area contributed by atoms with E-state index in [4.69, 9.17) is 0 Å². The van der Waals surface area contributed by atoms with Crippen LogP contribution in [0, 0.1) is 45.3 Å². The molecule has 0 radical (unpaired) electrons. The first kappa shape index (κ1) is 33.7. The van der Waals surface area contributed by atoms with Crippen molar-refractivity contribution in [3.05, 3.63) is 79.9 Å². The van der Waals surface area contributed by atoms with E-state index in [0.29, 0.717) is 23.1 Å². The van der Waals surface area contributed by atoms with E-state index in [-0.39, 0.29) is 5.57 Å². The molecule has 0 saturated heterocycles. The molecule has 2 spiro atoms. The van der Waals surface area contributed by atoms with Crippen LogP contribution in [0.2, 0.25) is 0 Å². The second-order valence-corrected chi connectivity index (χ2v) is 28.9. The van der Waals surface area contributed by atoms with Crippen molar-refractivity contribution in [2.45, 2.75) is 35.0 Å². The maximum atomic E-state index is 14.2. The van der Waals surface area contributed by atoms with E-state index in [1.165, 1.54) is 297 Å². The van der Waals surface area contributed by atoms with Crippen LogP contribution in [0.25, 0.3) is 275 Å². The van der Waals surface area contributed by atoms with Gasteiger partial charge in [-0.05, 0) is 327 Å². The number of nitrogens with zero attached hydrogens (tertiary/aromatic N) is 5. The van der Waals surface area contributed by atoms with Crippen molar-refractivity contribution in [1.82, 2.24) is 0 Å². The molecule has 0 fully saturated rings. The van der Waals surface area contributed by atoms with Gasteiger partial charge in [0.15, 0.2) is 0 Å². The molecule has 0 aromatic heterocycles. The van der Waals surface area contributed by atoms with Gasteiger partial charge in [-0.2, -0.15) is 21.0 Å². The molecule has 352 valence electrons. The lowest BCUT2D eigenvalue weighted by Crippen LogP contribution is -2.70. The quantitative estimate of drug-likeness (QED) is 0.130. The van der Waals surface area contributed by atoms with Crippen LogP contribution in [0.4, 0.5) is 5.69 Å². The molecule has 27 aromatic carbocycles. The van der Waals surface area contributed by atoms with E-state index in [1.54, 1.807) is 0 Å². The van der Waals surface area contributed by atoms with Gasteiger partial charge in [-0.3, -0.25) is 0 Å². The van der Waals surface area contributed by atoms with E-state index in [9.17, 15) is 21.0 Å². The smallest absolute Gasteiger partial charge is 0.134 e. The van der Waals surface area contributed by atoms with Crippen LogP contribution in [0.5, 0.6) is 0 Å². The molecule has 7 aliphatic rings. The highest BCUT2D eigenvalue weighted by Gasteiger charge is 2.89. The monoisotopic (exact) mass is 1020 g/mol. The molecule has 0 N–H and O–H groups in total. The molecule has 4 atom stereocenters. The first-order chi connectivity index (χ1) is 41.0. The highest BCUT2D eigenvalue weighted by molar-refractivity contribution is 6.81. The summed E-state index contributed by atoms with van der Waals surface area (Å²) in [4.78, 5) is 2.11. The molecule has 0 amide bonds. The zero-order valence-electron chi connectivity index (χ0n) is 43.3. The number of rotatable bonds is 3. The number of allylic oxidation sites excluding steroid dienone is 4. The topological polar surface area (TPSA) is 98.4 Å². The van der Waals surface area contributed by atoms with E-state index in [2.05, 4.69) is 74.5 Å². The molecule has 5 heteroatoms. The Kier molecular flexibility index (Phi) is 3.19. The van der Waals surface area contributed by atoms with Gasteiger partial charge in [0.25, 0.3) is 0 Å². The van der Waals surface area contributed by atoms with Gasteiger partial charge in [0, 0.05) is 36.3 Å². The van der Waals surface area contributed by atoms with Crippen molar-refractivity contribution in [2.24, 2.45) is 0 Å². The SMILES string of the molecule is CCC12c3c4c5c6c7c8c9c%10c%11c(c%12c%13c1c1c3c3c5c5c%14c6c6c8c8c9c9c%11c%11c%12c%12c%13c%13c1c1c3c5c3c5c%14c6c6c8c8c9c%11c9c%12c%11c%13c1c3c1c%11c9c8c6c51)C21C(=C(C#N)C#N)C(c2ccc(N(C)C)cc2)=C(C#N)C%101C47C#N. The fourth-order valence-electron chi connectivity index (χ4n) is 28.4. The van der Waals surface area contributed by atoms with Crippen LogP contribution in [-0.2, 0) is 21.7 Å². The Bertz CT molecular complexity index is 8410. The maximum absolute atomic E-state index is 14.2. The molecule has 7 aliphatic carbocycles. The van der Waals surface area contributed by atoms with Gasteiger partial charge in [0.2, 0.25) is 0 Å². The Hall–Kier alpha value is -10.8. The van der Waals surface area contributed by atoms with Crippen molar-refractivity contribution in [3.63, 3.8) is 0 Å². The lowest BCUT2D eigenvalue weighted by molar-refractivity contribution is 0.150. The van der Waals surface area contributed by atoms with Gasteiger partial charge in [0.05, 0.1) is 28.5 Å². The molecule has 0 heterocycles. The van der Waals surface area contributed by atoms with Crippen LogP contribution in [-0.4, -0.2) is 14.1 Å². The summed E-state index contributed by atoms with van der Waals surface area (Å²) in [5.74, 6) is 0. The van der Waals surface area contributed by atoms with Gasteiger partial charge in [0.1, 0.15) is 23.1 Å². The molecule has 83 heavy (non-hydrogen) atoms. The maximum Gasteiger partial charge on any atom is 0.134 e. The fraction of sp³-hybridized carbons (Fsp3) is 0.103. The third-order valence-corrected chi connectivity index (χ3v) is 28.6. The zero-order chi connectivity index (χ0) is 51.7. The zero-order valence-corrected chi connectivity index (χ0v) is 43.3. The summed E-state index contributed by atoms with van der Waals surface area (Å²) < 4.78 is 0. The molecule has 0 bridgehead atoms. The normalized spacial score (nSPS) is 24.4. The van der Waals surface area contributed by atoms with Gasteiger partial charge in [-0.1, -0.05) is 19.1 Å². The van der Waals surface area contributed by atoms with Crippen LogP contribution in [0.1, 0.15) is 52.3 Å². The third kappa shape index (κ3) is 1.84. The highest BCUT2D eigenvalue weighted by Crippen LogP contribution is 2.93. The van der Waals surface area contributed by atoms with E-state index < -0.39 is 21.7 Å². The summed E-state index contributed by atoms with van der Waals surface area (Å²) in [6.45, 7) is 2.44. The number of benzene rings is 18. The van der Waals surface area contributed by atoms with Crippen molar-refractivity contribution in [1.29, 1.82) is 21.0 Å². The molecule has 34 rings (SSSR count). The average Bonchev–Trinajstić information content (AvgIpc) is 1.37. The average molecular weight is 1020 g/mol. The largest absolute Gasteiger partial charge is 0.378 e. The van der Waals surface area contributed by atoms with Gasteiger partial charge < -0.3 is 4.90 Å². The van der Waals surface area contributed by atoms with Crippen LogP contribution < -0.4 is 4.90 Å². The van der Waals surface area contributed by atoms with E-state index >= 15 is 0 Å². The van der Waals surface area contributed by atoms with Crippen molar-refractivity contribution in [3.8, 4) is 24.3 Å².